The summed E-state index contributed by atoms with van der Waals surface area (Å²) in [4.78, 5) is 3.95. The summed E-state index contributed by atoms with van der Waals surface area (Å²) in [5, 5.41) is 19.5. The zero-order chi connectivity index (χ0) is 21.3. The predicted molar refractivity (Wildman–Crippen MR) is 107 cm³/mol. The number of tetrazole rings is 1. The molecule has 2 aliphatic heterocycles. The molecule has 12 heteroatoms. The van der Waals surface area contributed by atoms with Crippen molar-refractivity contribution in [2.24, 2.45) is 0 Å². The third kappa shape index (κ3) is 3.53. The van der Waals surface area contributed by atoms with E-state index < -0.39 is 0 Å². The largest absolute Gasteiger partial charge is 0.468 e. The predicted octanol–water partition coefficient (Wildman–Crippen LogP) is 1.14. The van der Waals surface area contributed by atoms with Crippen LogP contribution < -0.4 is 10.1 Å². The lowest BCUT2D eigenvalue weighted by atomic mass is 10.1. The number of nitrogens with one attached hydrogen (secondary N) is 1. The first-order valence-corrected chi connectivity index (χ1v) is 10.2. The maximum Gasteiger partial charge on any atom is 0.341 e. The average Bonchev–Trinajstić information content (AvgIpc) is 3.63. The highest BCUT2D eigenvalue weighted by Gasteiger charge is 2.49. The summed E-state index contributed by atoms with van der Waals surface area (Å²) in [6.45, 7) is 1.58. The first-order chi connectivity index (χ1) is 15.8. The first-order valence-electron chi connectivity index (χ1n) is 10.2. The summed E-state index contributed by atoms with van der Waals surface area (Å²) in [6, 6.07) is 11.4. The molecule has 164 valence electrons. The second-order valence-corrected chi connectivity index (χ2v) is 7.57. The molecule has 0 amide bonds. The summed E-state index contributed by atoms with van der Waals surface area (Å²) in [5.74, 6) is 1.47. The van der Waals surface area contributed by atoms with Gasteiger partial charge in [-0.25, -0.2) is 9.67 Å². The van der Waals surface area contributed by atoms with Crippen molar-refractivity contribution < 1.29 is 18.6 Å². The third-order valence-electron chi connectivity index (χ3n) is 5.65. The Kier molecular flexibility index (Phi) is 4.86. The second-order valence-electron chi connectivity index (χ2n) is 7.57. The summed E-state index contributed by atoms with van der Waals surface area (Å²) >= 11 is 0. The second kappa shape index (κ2) is 8.15. The van der Waals surface area contributed by atoms with Crippen molar-refractivity contribution in [1.29, 1.82) is 0 Å². The van der Waals surface area contributed by atoms with Crippen molar-refractivity contribution in [2.45, 2.75) is 30.8 Å². The molecular formula is C20H20N8O4. The van der Waals surface area contributed by atoms with Crippen LogP contribution in [0.4, 0.5) is 0 Å². The normalized spacial score (nSPS) is 24.6. The van der Waals surface area contributed by atoms with E-state index in [2.05, 4.69) is 30.9 Å². The molecule has 0 radical (unpaired) electrons. The molecule has 3 aromatic heterocycles. The zero-order valence-electron chi connectivity index (χ0n) is 16.9. The fraction of sp³-hybridized carbons (Fsp3) is 0.350. The topological polar surface area (TPSA) is 127 Å². The molecule has 4 atom stereocenters. The van der Waals surface area contributed by atoms with Gasteiger partial charge in [0.1, 0.15) is 42.4 Å². The van der Waals surface area contributed by atoms with E-state index >= 15 is 0 Å². The number of hydrogen-bond donors (Lipinski definition) is 1. The SMILES string of the molecule is c1coc(CNC2COC3C2OCC3n2nnnc2Oc2ccc(-n3cncn3)cc2)c1. The maximum absolute atomic E-state index is 6.05. The highest BCUT2D eigenvalue weighted by Crippen LogP contribution is 2.36. The minimum Gasteiger partial charge on any atom is -0.468 e. The lowest BCUT2D eigenvalue weighted by molar-refractivity contribution is 0.0611. The molecule has 6 rings (SSSR count). The summed E-state index contributed by atoms with van der Waals surface area (Å²) in [7, 11) is 0. The Morgan fingerprint density at radius 1 is 1.09 bits per heavy atom. The van der Waals surface area contributed by atoms with Gasteiger partial charge in [-0.3, -0.25) is 0 Å². The van der Waals surface area contributed by atoms with Gasteiger partial charge in [0.25, 0.3) is 0 Å². The van der Waals surface area contributed by atoms with Gasteiger partial charge >= 0.3 is 6.01 Å². The summed E-state index contributed by atoms with van der Waals surface area (Å²) in [6.07, 6.45) is 4.50. The molecule has 4 unspecified atom stereocenters. The van der Waals surface area contributed by atoms with Crippen molar-refractivity contribution in [1.82, 2.24) is 40.3 Å². The molecule has 1 aromatic carbocycles. The zero-order valence-corrected chi connectivity index (χ0v) is 16.9. The van der Waals surface area contributed by atoms with Gasteiger partial charge in [-0.05, 0) is 46.8 Å². The number of ether oxygens (including phenoxy) is 3. The van der Waals surface area contributed by atoms with Crippen molar-refractivity contribution >= 4 is 0 Å². The van der Waals surface area contributed by atoms with Crippen molar-refractivity contribution in [2.75, 3.05) is 13.2 Å². The molecule has 0 aliphatic carbocycles. The van der Waals surface area contributed by atoms with E-state index in [1.807, 2.05) is 36.4 Å². The van der Waals surface area contributed by atoms with Crippen LogP contribution in [0.1, 0.15) is 11.8 Å². The lowest BCUT2D eigenvalue weighted by Gasteiger charge is -2.17. The van der Waals surface area contributed by atoms with Crippen LogP contribution in [0.3, 0.4) is 0 Å². The third-order valence-corrected chi connectivity index (χ3v) is 5.65. The van der Waals surface area contributed by atoms with Crippen LogP contribution in [0.2, 0.25) is 0 Å². The number of furan rings is 1. The minimum atomic E-state index is -0.185. The molecule has 32 heavy (non-hydrogen) atoms. The van der Waals surface area contributed by atoms with Crippen molar-refractivity contribution in [3.8, 4) is 17.4 Å². The Morgan fingerprint density at radius 2 is 2.00 bits per heavy atom. The quantitative estimate of drug-likeness (QED) is 0.450. The minimum absolute atomic E-state index is 0.0558. The Balaban J connectivity index is 1.13. The van der Waals surface area contributed by atoms with Gasteiger partial charge in [0.15, 0.2) is 0 Å². The van der Waals surface area contributed by atoms with E-state index in [-0.39, 0.29) is 30.3 Å². The van der Waals surface area contributed by atoms with Crippen LogP contribution in [0.5, 0.6) is 11.8 Å². The molecular weight excluding hydrogens is 416 g/mol. The molecule has 0 bridgehead atoms. The molecule has 0 saturated carbocycles. The highest BCUT2D eigenvalue weighted by atomic mass is 16.6. The Morgan fingerprint density at radius 3 is 2.81 bits per heavy atom. The maximum atomic E-state index is 6.05. The summed E-state index contributed by atoms with van der Waals surface area (Å²) in [5.41, 5.74) is 0.869. The fourth-order valence-corrected chi connectivity index (χ4v) is 4.08. The number of fused-ring (bicyclic) bond motifs is 1. The van der Waals surface area contributed by atoms with Gasteiger partial charge in [-0.2, -0.15) is 9.78 Å². The standard InChI is InChI=1S/C20H20N8O4/c1-2-15(29-7-1)8-22-16-9-30-19-17(10-31-18(16)19)28-20(24-25-26-28)32-14-5-3-13(4-6-14)27-12-21-11-23-27/h1-7,11-12,16-19,22H,8-10H2. The van der Waals surface area contributed by atoms with Crippen LogP contribution in [-0.4, -0.2) is 66.4 Å². The molecule has 1 N–H and O–H groups in total. The molecule has 4 aromatic rings. The summed E-state index contributed by atoms with van der Waals surface area (Å²) < 4.78 is 26.7. The highest BCUT2D eigenvalue weighted by molar-refractivity contribution is 5.37. The number of benzene rings is 1. The molecule has 2 fully saturated rings. The van der Waals surface area contributed by atoms with E-state index in [0.29, 0.717) is 25.5 Å². The van der Waals surface area contributed by atoms with Crippen molar-refractivity contribution in [3.05, 3.63) is 61.1 Å². The van der Waals surface area contributed by atoms with Gasteiger partial charge in [0, 0.05) is 0 Å². The van der Waals surface area contributed by atoms with Gasteiger partial charge in [0.2, 0.25) is 0 Å². The van der Waals surface area contributed by atoms with E-state index in [4.69, 9.17) is 18.6 Å². The fourth-order valence-electron chi connectivity index (χ4n) is 4.08. The van der Waals surface area contributed by atoms with E-state index in [1.54, 1.807) is 22.0 Å². The van der Waals surface area contributed by atoms with Crippen LogP contribution >= 0.6 is 0 Å². The first kappa shape index (κ1) is 19.1. The molecule has 5 heterocycles. The number of rotatable bonds is 7. The van der Waals surface area contributed by atoms with Gasteiger partial charge in [-0.15, -0.1) is 0 Å². The number of nitrogens with zero attached hydrogens (tertiary/aromatic N) is 7. The smallest absolute Gasteiger partial charge is 0.341 e. The average molecular weight is 436 g/mol. The Bertz CT molecular complexity index is 1140. The van der Waals surface area contributed by atoms with Gasteiger partial charge in [0.05, 0.1) is 37.8 Å². The van der Waals surface area contributed by atoms with Crippen LogP contribution in [0.25, 0.3) is 5.69 Å². The number of aromatic nitrogens is 7. The monoisotopic (exact) mass is 436 g/mol. The Hall–Kier alpha value is -3.61. The van der Waals surface area contributed by atoms with Crippen LogP contribution in [0, 0.1) is 0 Å². The van der Waals surface area contributed by atoms with E-state index in [1.165, 1.54) is 6.33 Å². The van der Waals surface area contributed by atoms with Crippen molar-refractivity contribution in [3.63, 3.8) is 0 Å². The lowest BCUT2D eigenvalue weighted by Crippen LogP contribution is -2.40. The van der Waals surface area contributed by atoms with Gasteiger partial charge in [-0.1, -0.05) is 5.10 Å². The van der Waals surface area contributed by atoms with E-state index in [9.17, 15) is 0 Å². The number of hydrogen-bond acceptors (Lipinski definition) is 10. The molecule has 12 nitrogen and oxygen atoms in total. The Labute approximate surface area is 182 Å². The van der Waals surface area contributed by atoms with E-state index in [0.717, 1.165) is 11.4 Å². The molecule has 0 spiro atoms. The van der Waals surface area contributed by atoms with Crippen LogP contribution in [-0.2, 0) is 16.0 Å². The van der Waals surface area contributed by atoms with Gasteiger partial charge < -0.3 is 23.9 Å². The molecule has 2 aliphatic rings. The molecule has 2 saturated heterocycles. The van der Waals surface area contributed by atoms with Crippen LogP contribution in [0.15, 0.2) is 59.7 Å².